The summed E-state index contributed by atoms with van der Waals surface area (Å²) in [6.07, 6.45) is 1.20. The molecule has 1 aromatic carbocycles. The second-order valence-corrected chi connectivity index (χ2v) is 6.22. The van der Waals surface area contributed by atoms with Crippen molar-refractivity contribution in [3.63, 3.8) is 0 Å². The Labute approximate surface area is 115 Å². The third kappa shape index (κ3) is 1.17. The molecule has 1 aromatic rings. The molecule has 6 atom stereocenters. The Kier molecular flexibility index (Phi) is 1.81. The van der Waals surface area contributed by atoms with Gasteiger partial charge in [0.15, 0.2) is 0 Å². The molecule has 0 aromatic heterocycles. The summed E-state index contributed by atoms with van der Waals surface area (Å²) < 4.78 is 0. The third-order valence-corrected chi connectivity index (χ3v) is 5.24. The molecule has 6 heteroatoms. The van der Waals surface area contributed by atoms with E-state index in [1.54, 1.807) is 0 Å². The van der Waals surface area contributed by atoms with Crippen molar-refractivity contribution in [3.8, 4) is 0 Å². The summed E-state index contributed by atoms with van der Waals surface area (Å²) in [5.41, 5.74) is 1.07. The highest BCUT2D eigenvalue weighted by molar-refractivity contribution is 6.30. The molecule has 0 N–H and O–H groups in total. The maximum absolute atomic E-state index is 5.94. The number of nitrogens with zero attached hydrogens (tertiary/aromatic N) is 5. The minimum Gasteiger partial charge on any atom is -0.242 e. The third-order valence-electron chi connectivity index (χ3n) is 4.99. The lowest BCUT2D eigenvalue weighted by Crippen LogP contribution is -2.52. The van der Waals surface area contributed by atoms with Crippen LogP contribution in [0.1, 0.15) is 6.42 Å². The maximum Gasteiger partial charge on any atom is 0.101 e. The first-order valence-corrected chi connectivity index (χ1v) is 7.06. The fourth-order valence-corrected chi connectivity index (χ4v) is 4.28. The second-order valence-electron chi connectivity index (χ2n) is 5.78. The average molecular weight is 274 g/mol. The van der Waals surface area contributed by atoms with Crippen LogP contribution in [0.5, 0.6) is 0 Å². The van der Waals surface area contributed by atoms with E-state index in [1.165, 1.54) is 6.42 Å². The first kappa shape index (κ1) is 10.3. The molecule has 5 rings (SSSR count). The molecule has 0 saturated heterocycles. The van der Waals surface area contributed by atoms with Gasteiger partial charge in [0.25, 0.3) is 0 Å². The van der Waals surface area contributed by atoms with Gasteiger partial charge in [-0.3, -0.25) is 0 Å². The molecular formula is C13H12ClN5. The van der Waals surface area contributed by atoms with E-state index in [0.29, 0.717) is 36.0 Å². The molecular weight excluding hydrogens is 262 g/mol. The molecule has 2 saturated carbocycles. The van der Waals surface area contributed by atoms with Crippen molar-refractivity contribution in [3.05, 3.63) is 29.3 Å². The van der Waals surface area contributed by atoms with Crippen LogP contribution in [-0.4, -0.2) is 24.2 Å². The molecule has 0 amide bonds. The summed E-state index contributed by atoms with van der Waals surface area (Å²) in [6, 6.07) is 9.34. The van der Waals surface area contributed by atoms with Gasteiger partial charge < -0.3 is 0 Å². The molecule has 2 aliphatic heterocycles. The van der Waals surface area contributed by atoms with E-state index in [1.807, 2.05) is 24.3 Å². The predicted molar refractivity (Wildman–Crippen MR) is 70.4 cm³/mol. The van der Waals surface area contributed by atoms with Crippen molar-refractivity contribution >= 4 is 17.3 Å². The van der Waals surface area contributed by atoms with Crippen LogP contribution in [0.15, 0.2) is 44.8 Å². The van der Waals surface area contributed by atoms with E-state index < -0.39 is 0 Å². The molecule has 0 spiro atoms. The summed E-state index contributed by atoms with van der Waals surface area (Å²) in [6.45, 7) is 0. The van der Waals surface area contributed by atoms with Crippen LogP contribution >= 0.6 is 11.6 Å². The Hall–Kier alpha value is -1.49. The summed E-state index contributed by atoms with van der Waals surface area (Å²) in [4.78, 5) is 0. The number of hydrogen-bond donors (Lipinski definition) is 0. The van der Waals surface area contributed by atoms with Gasteiger partial charge in [-0.15, -0.1) is 0 Å². The maximum atomic E-state index is 5.94. The van der Waals surface area contributed by atoms with Gasteiger partial charge in [0.1, 0.15) is 18.1 Å². The number of halogens is 1. The van der Waals surface area contributed by atoms with E-state index in [4.69, 9.17) is 11.6 Å². The molecule has 2 aliphatic carbocycles. The van der Waals surface area contributed by atoms with Crippen LogP contribution in [0.4, 0.5) is 5.69 Å². The first-order valence-electron chi connectivity index (χ1n) is 6.68. The monoisotopic (exact) mass is 273 g/mol. The van der Waals surface area contributed by atoms with Gasteiger partial charge in [-0.25, -0.2) is 5.01 Å². The van der Waals surface area contributed by atoms with Gasteiger partial charge >= 0.3 is 0 Å². The first-order chi connectivity index (χ1) is 9.33. The standard InChI is InChI=1S/C13H12ClN5/c14-6-1-3-7(4-2-6)19-13-9-5-8(12(13)17-18-19)10-11(9)16-15-10/h1-4,8-13H,5H2/t8-,9-,10-,11+,12+,13-/m0/s1. The zero-order valence-electron chi connectivity index (χ0n) is 10.1. The Morgan fingerprint density at radius 2 is 1.68 bits per heavy atom. The van der Waals surface area contributed by atoms with E-state index >= 15 is 0 Å². The molecule has 4 aliphatic rings. The van der Waals surface area contributed by atoms with E-state index in [9.17, 15) is 0 Å². The zero-order valence-corrected chi connectivity index (χ0v) is 10.9. The van der Waals surface area contributed by atoms with Gasteiger partial charge in [-0.05, 0) is 30.7 Å². The SMILES string of the molecule is Clc1ccc(N2N=N[C@@H]3[C@H]4C[C@@H]([C@H]5N=N[C@@H]45)[C@@H]32)cc1. The van der Waals surface area contributed by atoms with E-state index in [0.717, 1.165) is 10.7 Å². The minimum atomic E-state index is 0.307. The smallest absolute Gasteiger partial charge is 0.101 e. The quantitative estimate of drug-likeness (QED) is 0.775. The molecule has 2 bridgehead atoms. The lowest BCUT2D eigenvalue weighted by atomic mass is 9.82. The topological polar surface area (TPSA) is 52.7 Å². The van der Waals surface area contributed by atoms with Crippen LogP contribution in [0.3, 0.4) is 0 Å². The van der Waals surface area contributed by atoms with Crippen molar-refractivity contribution in [1.82, 2.24) is 0 Å². The Balaban J connectivity index is 1.52. The van der Waals surface area contributed by atoms with Gasteiger partial charge in [0.2, 0.25) is 0 Å². The summed E-state index contributed by atoms with van der Waals surface area (Å²) in [5.74, 6) is 1.11. The average Bonchev–Trinajstić information content (AvgIpc) is 2.98. The van der Waals surface area contributed by atoms with Crippen LogP contribution in [0.25, 0.3) is 0 Å². The van der Waals surface area contributed by atoms with Crippen molar-refractivity contribution in [2.24, 2.45) is 32.4 Å². The van der Waals surface area contributed by atoms with Gasteiger partial charge in [-0.2, -0.15) is 15.3 Å². The largest absolute Gasteiger partial charge is 0.242 e. The van der Waals surface area contributed by atoms with Crippen molar-refractivity contribution < 1.29 is 0 Å². The van der Waals surface area contributed by atoms with E-state index in [-0.39, 0.29) is 0 Å². The Morgan fingerprint density at radius 1 is 0.947 bits per heavy atom. The van der Waals surface area contributed by atoms with Gasteiger partial charge in [-0.1, -0.05) is 16.8 Å². The molecule has 2 heterocycles. The van der Waals surface area contributed by atoms with Crippen LogP contribution in [0.2, 0.25) is 5.02 Å². The lowest BCUT2D eigenvalue weighted by Gasteiger charge is -2.38. The van der Waals surface area contributed by atoms with Crippen molar-refractivity contribution in [2.45, 2.75) is 30.6 Å². The Bertz CT molecular complexity index is 598. The highest BCUT2D eigenvalue weighted by Gasteiger charge is 2.65. The molecule has 19 heavy (non-hydrogen) atoms. The summed E-state index contributed by atoms with van der Waals surface area (Å²) >= 11 is 5.94. The normalized spacial score (nSPS) is 44.4. The highest BCUT2D eigenvalue weighted by Crippen LogP contribution is 2.56. The predicted octanol–water partition coefficient (Wildman–Crippen LogP) is 3.12. The fourth-order valence-electron chi connectivity index (χ4n) is 4.15. The van der Waals surface area contributed by atoms with Crippen molar-refractivity contribution in [1.29, 1.82) is 0 Å². The summed E-state index contributed by atoms with van der Waals surface area (Å²) in [7, 11) is 0. The number of fused-ring (bicyclic) bond motifs is 8. The van der Waals surface area contributed by atoms with Crippen molar-refractivity contribution in [2.75, 3.05) is 5.01 Å². The highest BCUT2D eigenvalue weighted by atomic mass is 35.5. The van der Waals surface area contributed by atoms with Crippen LogP contribution < -0.4 is 5.01 Å². The number of anilines is 1. The number of azo groups is 1. The Morgan fingerprint density at radius 3 is 2.42 bits per heavy atom. The van der Waals surface area contributed by atoms with Gasteiger partial charge in [0.05, 0.1) is 11.7 Å². The van der Waals surface area contributed by atoms with Gasteiger partial charge in [0, 0.05) is 16.9 Å². The fraction of sp³-hybridized carbons (Fsp3) is 0.538. The molecule has 96 valence electrons. The number of benzene rings is 1. The number of hydrogen-bond acceptors (Lipinski definition) is 5. The number of rotatable bonds is 1. The molecule has 5 nitrogen and oxygen atoms in total. The second kappa shape index (κ2) is 3.33. The lowest BCUT2D eigenvalue weighted by molar-refractivity contribution is 0.242. The zero-order chi connectivity index (χ0) is 12.6. The summed E-state index contributed by atoms with van der Waals surface area (Å²) in [5, 5.41) is 20.3. The molecule has 0 radical (unpaired) electrons. The van der Waals surface area contributed by atoms with E-state index in [2.05, 4.69) is 25.6 Å². The molecule has 0 unspecified atom stereocenters. The van der Waals surface area contributed by atoms with Crippen LogP contribution in [-0.2, 0) is 0 Å². The molecule has 2 fully saturated rings. The minimum absolute atomic E-state index is 0.307. The van der Waals surface area contributed by atoms with Crippen LogP contribution in [0, 0.1) is 11.8 Å².